The molecule has 0 aromatic heterocycles. The molecule has 4 heteroatoms. The zero-order chi connectivity index (χ0) is 14.0. The van der Waals surface area contributed by atoms with Crippen molar-refractivity contribution in [2.24, 2.45) is 0 Å². The molecule has 108 valence electrons. The Labute approximate surface area is 113 Å². The quantitative estimate of drug-likeness (QED) is 0.782. The summed E-state index contributed by atoms with van der Waals surface area (Å²) in [4.78, 5) is 0. The van der Waals surface area contributed by atoms with Crippen molar-refractivity contribution in [3.63, 3.8) is 0 Å². The Balaban J connectivity index is 2.39. The number of rotatable bonds is 5. The van der Waals surface area contributed by atoms with E-state index in [0.29, 0.717) is 0 Å². The van der Waals surface area contributed by atoms with E-state index in [-0.39, 0.29) is 23.4 Å². The fourth-order valence-corrected chi connectivity index (χ4v) is 3.08. The van der Waals surface area contributed by atoms with Gasteiger partial charge in [0.15, 0.2) is 8.32 Å². The van der Waals surface area contributed by atoms with Gasteiger partial charge in [-0.05, 0) is 44.3 Å². The Morgan fingerprint density at radius 2 is 2.00 bits per heavy atom. The molecule has 1 saturated heterocycles. The lowest BCUT2D eigenvalue weighted by atomic mass is 9.99. The molecular formula is C14H30O3Si. The highest BCUT2D eigenvalue weighted by molar-refractivity contribution is 6.74. The van der Waals surface area contributed by atoms with Crippen molar-refractivity contribution in [1.29, 1.82) is 0 Å². The van der Waals surface area contributed by atoms with Crippen LogP contribution in [-0.2, 0) is 9.16 Å². The summed E-state index contributed by atoms with van der Waals surface area (Å²) < 4.78 is 12.1. The van der Waals surface area contributed by atoms with Crippen LogP contribution < -0.4 is 0 Å². The Bertz CT molecular complexity index is 273. The maximum Gasteiger partial charge on any atom is 0.191 e. The minimum Gasteiger partial charge on any atom is -0.417 e. The molecule has 0 aliphatic carbocycles. The van der Waals surface area contributed by atoms with Gasteiger partial charge in [0.2, 0.25) is 0 Å². The molecule has 18 heavy (non-hydrogen) atoms. The molecular weight excluding hydrogens is 244 g/mol. The second-order valence-electron chi connectivity index (χ2n) is 7.27. The molecule has 1 N–H and O–H groups in total. The molecule has 3 nitrogen and oxygen atoms in total. The van der Waals surface area contributed by atoms with E-state index in [2.05, 4.69) is 40.8 Å². The summed E-state index contributed by atoms with van der Waals surface area (Å²) in [5, 5.41) is 9.37. The molecule has 0 bridgehead atoms. The molecule has 0 aromatic rings. The standard InChI is InChI=1S/C14H30O3Si/c1-13(2,3)18(5,6)16-10-9-14(4)8-7-12(11-15)17-14/h12,15H,7-11H2,1-6H3/t12-,14-/m1/s1. The maximum atomic E-state index is 9.11. The van der Waals surface area contributed by atoms with Gasteiger partial charge in [0.25, 0.3) is 0 Å². The van der Waals surface area contributed by atoms with Gasteiger partial charge in [-0.15, -0.1) is 0 Å². The predicted molar refractivity (Wildman–Crippen MR) is 77.4 cm³/mol. The SMILES string of the molecule is CC(C)(C)[Si](C)(C)OCC[C@@]1(C)CC[C@H](CO)O1. The number of ether oxygens (including phenoxy) is 1. The van der Waals surface area contributed by atoms with Crippen molar-refractivity contribution < 1.29 is 14.3 Å². The van der Waals surface area contributed by atoms with Gasteiger partial charge in [0.1, 0.15) is 0 Å². The molecule has 2 atom stereocenters. The Morgan fingerprint density at radius 3 is 2.44 bits per heavy atom. The molecule has 0 amide bonds. The van der Waals surface area contributed by atoms with Gasteiger partial charge in [-0.1, -0.05) is 20.8 Å². The summed E-state index contributed by atoms with van der Waals surface area (Å²) in [5.41, 5.74) is -0.101. The highest BCUT2D eigenvalue weighted by Gasteiger charge is 2.39. The van der Waals surface area contributed by atoms with Crippen LogP contribution in [0, 0.1) is 0 Å². The molecule has 0 radical (unpaired) electrons. The van der Waals surface area contributed by atoms with E-state index in [9.17, 15) is 0 Å². The molecule has 1 heterocycles. The highest BCUT2D eigenvalue weighted by atomic mass is 28.4. The van der Waals surface area contributed by atoms with E-state index in [1.807, 2.05) is 0 Å². The molecule has 1 rings (SSSR count). The smallest absolute Gasteiger partial charge is 0.191 e. The number of aliphatic hydroxyl groups excluding tert-OH is 1. The first-order chi connectivity index (χ1) is 8.10. The zero-order valence-corrected chi connectivity index (χ0v) is 13.9. The second-order valence-corrected chi connectivity index (χ2v) is 12.1. The summed E-state index contributed by atoms with van der Waals surface area (Å²) in [6, 6.07) is 0. The van der Waals surface area contributed by atoms with Gasteiger partial charge in [0, 0.05) is 6.61 Å². The molecule has 1 aliphatic heterocycles. The summed E-state index contributed by atoms with van der Waals surface area (Å²) in [7, 11) is -1.64. The van der Waals surface area contributed by atoms with Crippen LogP contribution in [0.1, 0.15) is 47.0 Å². The van der Waals surface area contributed by atoms with Crippen LogP contribution >= 0.6 is 0 Å². The highest BCUT2D eigenvalue weighted by Crippen LogP contribution is 2.38. The lowest BCUT2D eigenvalue weighted by Gasteiger charge is -2.37. The van der Waals surface area contributed by atoms with Crippen molar-refractivity contribution in [3.05, 3.63) is 0 Å². The van der Waals surface area contributed by atoms with Crippen LogP contribution in [0.25, 0.3) is 0 Å². The van der Waals surface area contributed by atoms with Crippen molar-refractivity contribution in [3.8, 4) is 0 Å². The molecule has 0 aromatic carbocycles. The number of aliphatic hydroxyl groups is 1. The third-order valence-corrected chi connectivity index (χ3v) is 9.09. The van der Waals surface area contributed by atoms with Crippen LogP contribution in [0.4, 0.5) is 0 Å². The first kappa shape index (κ1) is 16.2. The normalized spacial score (nSPS) is 29.8. The first-order valence-electron chi connectivity index (χ1n) is 7.02. The molecule has 1 aliphatic rings. The van der Waals surface area contributed by atoms with Crippen LogP contribution in [0.5, 0.6) is 0 Å². The van der Waals surface area contributed by atoms with Gasteiger partial charge in [-0.2, -0.15) is 0 Å². The summed E-state index contributed by atoms with van der Waals surface area (Å²) in [6.45, 7) is 14.4. The van der Waals surface area contributed by atoms with Crippen LogP contribution in [-0.4, -0.2) is 38.3 Å². The van der Waals surface area contributed by atoms with Crippen LogP contribution in [0.15, 0.2) is 0 Å². The van der Waals surface area contributed by atoms with Gasteiger partial charge in [-0.3, -0.25) is 0 Å². The Hall–Kier alpha value is 0.0969. The summed E-state index contributed by atoms with van der Waals surface area (Å²) in [5.74, 6) is 0. The van der Waals surface area contributed by atoms with Crippen molar-refractivity contribution >= 4 is 8.32 Å². The first-order valence-corrected chi connectivity index (χ1v) is 9.93. The van der Waals surface area contributed by atoms with Gasteiger partial charge in [0.05, 0.1) is 18.3 Å². The molecule has 0 spiro atoms. The Kier molecular flexibility index (Phi) is 5.04. The van der Waals surface area contributed by atoms with E-state index < -0.39 is 8.32 Å². The predicted octanol–water partition coefficient (Wildman–Crippen LogP) is 3.33. The van der Waals surface area contributed by atoms with Crippen LogP contribution in [0.3, 0.4) is 0 Å². The Morgan fingerprint density at radius 1 is 1.39 bits per heavy atom. The number of hydrogen-bond acceptors (Lipinski definition) is 3. The molecule has 0 saturated carbocycles. The fourth-order valence-electron chi connectivity index (χ4n) is 2.04. The minimum atomic E-state index is -1.64. The average molecular weight is 274 g/mol. The van der Waals surface area contributed by atoms with Crippen LogP contribution in [0.2, 0.25) is 18.1 Å². The van der Waals surface area contributed by atoms with Crippen molar-refractivity contribution in [2.75, 3.05) is 13.2 Å². The lowest BCUT2D eigenvalue weighted by molar-refractivity contribution is -0.0579. The van der Waals surface area contributed by atoms with Crippen molar-refractivity contribution in [2.45, 2.75) is 76.8 Å². The van der Waals surface area contributed by atoms with Crippen molar-refractivity contribution in [1.82, 2.24) is 0 Å². The van der Waals surface area contributed by atoms with E-state index in [1.165, 1.54) is 0 Å². The topological polar surface area (TPSA) is 38.7 Å². The molecule has 1 fully saturated rings. The maximum absolute atomic E-state index is 9.11. The van der Waals surface area contributed by atoms with Gasteiger partial charge in [-0.25, -0.2) is 0 Å². The number of hydrogen-bond donors (Lipinski definition) is 1. The third kappa shape index (κ3) is 4.05. The molecule has 0 unspecified atom stereocenters. The average Bonchev–Trinajstić information content (AvgIpc) is 2.58. The summed E-state index contributed by atoms with van der Waals surface area (Å²) in [6.07, 6.45) is 2.95. The summed E-state index contributed by atoms with van der Waals surface area (Å²) >= 11 is 0. The monoisotopic (exact) mass is 274 g/mol. The van der Waals surface area contributed by atoms with Gasteiger partial charge < -0.3 is 14.3 Å². The third-order valence-electron chi connectivity index (χ3n) is 4.55. The van der Waals surface area contributed by atoms with E-state index in [1.54, 1.807) is 0 Å². The zero-order valence-electron chi connectivity index (χ0n) is 12.9. The lowest BCUT2D eigenvalue weighted by Crippen LogP contribution is -2.42. The van der Waals surface area contributed by atoms with E-state index in [0.717, 1.165) is 25.9 Å². The second kappa shape index (κ2) is 5.61. The van der Waals surface area contributed by atoms with Gasteiger partial charge >= 0.3 is 0 Å². The fraction of sp³-hybridized carbons (Fsp3) is 1.00. The van der Waals surface area contributed by atoms with E-state index in [4.69, 9.17) is 14.3 Å². The minimum absolute atomic E-state index is 0.0304. The van der Waals surface area contributed by atoms with E-state index >= 15 is 0 Å². The largest absolute Gasteiger partial charge is 0.417 e.